The molecule has 1 aromatic rings. The average molecular weight is 369 g/mol. The van der Waals surface area contributed by atoms with E-state index >= 15 is 0 Å². The van der Waals surface area contributed by atoms with E-state index in [1.165, 1.54) is 25.7 Å². The second-order valence-electron chi connectivity index (χ2n) is 6.35. The van der Waals surface area contributed by atoms with Gasteiger partial charge in [-0.2, -0.15) is 11.8 Å². The lowest BCUT2D eigenvalue weighted by Crippen LogP contribution is -2.42. The maximum Gasteiger partial charge on any atom is 0.191 e. The third kappa shape index (κ3) is 4.39. The van der Waals surface area contributed by atoms with E-state index in [0.29, 0.717) is 12.0 Å². The van der Waals surface area contributed by atoms with Crippen LogP contribution in [0.5, 0.6) is 0 Å². The first-order valence-electron chi connectivity index (χ1n) is 8.90. The molecule has 134 valence electrons. The Morgan fingerprint density at radius 2 is 2.04 bits per heavy atom. The van der Waals surface area contributed by atoms with Gasteiger partial charge in [0.25, 0.3) is 0 Å². The molecular weight excluding hydrogens is 340 g/mol. The zero-order valence-electron chi connectivity index (χ0n) is 14.5. The molecule has 6 nitrogen and oxygen atoms in total. The molecule has 0 atom stereocenters. The summed E-state index contributed by atoms with van der Waals surface area (Å²) in [6, 6.07) is 0.594. The minimum atomic E-state index is 0.594. The van der Waals surface area contributed by atoms with E-state index in [1.807, 2.05) is 11.8 Å². The van der Waals surface area contributed by atoms with Crippen LogP contribution in [0.2, 0.25) is 0 Å². The van der Waals surface area contributed by atoms with E-state index in [-0.39, 0.29) is 0 Å². The van der Waals surface area contributed by atoms with Crippen LogP contribution in [0.3, 0.4) is 0 Å². The Labute approximate surface area is 153 Å². The van der Waals surface area contributed by atoms with Crippen LogP contribution in [0.4, 0.5) is 0 Å². The Kier molecular flexibility index (Phi) is 6.71. The first kappa shape index (κ1) is 17.9. The average Bonchev–Trinajstić information content (AvgIpc) is 3.28. The SMILES string of the molecule is CSc1nnc(CCCN=C(N)N2CCSCC2)n1C1CCCC1. The highest BCUT2D eigenvalue weighted by Gasteiger charge is 2.23. The second kappa shape index (κ2) is 8.99. The van der Waals surface area contributed by atoms with E-state index in [0.717, 1.165) is 55.0 Å². The van der Waals surface area contributed by atoms with Gasteiger partial charge in [0.2, 0.25) is 0 Å². The molecule has 1 aliphatic heterocycles. The summed E-state index contributed by atoms with van der Waals surface area (Å²) in [6.07, 6.45) is 9.16. The molecule has 0 spiro atoms. The normalized spacial score (nSPS) is 20.0. The highest BCUT2D eigenvalue weighted by molar-refractivity contribution is 7.99. The molecule has 2 N–H and O–H groups in total. The Morgan fingerprint density at radius 3 is 2.75 bits per heavy atom. The van der Waals surface area contributed by atoms with Gasteiger partial charge in [0.15, 0.2) is 11.1 Å². The minimum Gasteiger partial charge on any atom is -0.370 e. The van der Waals surface area contributed by atoms with Crippen molar-refractivity contribution in [2.75, 3.05) is 37.4 Å². The highest BCUT2D eigenvalue weighted by atomic mass is 32.2. The number of aromatic nitrogens is 3. The number of hydrogen-bond acceptors (Lipinski definition) is 5. The summed E-state index contributed by atoms with van der Waals surface area (Å²) in [6.45, 7) is 2.81. The van der Waals surface area contributed by atoms with Gasteiger partial charge in [-0.25, -0.2) is 0 Å². The van der Waals surface area contributed by atoms with Crippen LogP contribution in [0.25, 0.3) is 0 Å². The molecule has 1 saturated carbocycles. The standard InChI is InChI=1S/C16H28N6S2/c1-23-16-20-19-14(22(16)13-5-2-3-6-13)7-4-8-18-15(17)21-9-11-24-12-10-21/h13H,2-12H2,1H3,(H2,17,18). The number of thioether (sulfide) groups is 2. The van der Waals surface area contributed by atoms with Crippen molar-refractivity contribution in [2.45, 2.75) is 49.7 Å². The zero-order valence-corrected chi connectivity index (χ0v) is 16.1. The Hall–Kier alpha value is -0.890. The molecule has 2 heterocycles. The molecule has 0 amide bonds. The quantitative estimate of drug-likeness (QED) is 0.360. The first-order valence-corrected chi connectivity index (χ1v) is 11.3. The van der Waals surface area contributed by atoms with Crippen LogP contribution in [-0.4, -0.2) is 63.0 Å². The van der Waals surface area contributed by atoms with Crippen molar-refractivity contribution in [3.05, 3.63) is 5.82 Å². The lowest BCUT2D eigenvalue weighted by Gasteiger charge is -2.27. The maximum absolute atomic E-state index is 6.11. The van der Waals surface area contributed by atoms with E-state index in [2.05, 4.69) is 30.9 Å². The molecule has 0 aromatic carbocycles. The van der Waals surface area contributed by atoms with Crippen molar-refractivity contribution in [3.8, 4) is 0 Å². The van der Waals surface area contributed by atoms with Gasteiger partial charge in [0.1, 0.15) is 5.82 Å². The van der Waals surface area contributed by atoms with Crippen LogP contribution in [0.1, 0.15) is 44.0 Å². The molecule has 2 aliphatic rings. The first-order chi connectivity index (χ1) is 11.8. The number of aliphatic imine (C=N–C) groups is 1. The predicted octanol–water partition coefficient (Wildman–Crippen LogP) is 2.41. The fourth-order valence-corrected chi connectivity index (χ4v) is 4.95. The van der Waals surface area contributed by atoms with Crippen LogP contribution < -0.4 is 5.73 Å². The summed E-state index contributed by atoms with van der Waals surface area (Å²) in [7, 11) is 0. The van der Waals surface area contributed by atoms with Crippen LogP contribution in [-0.2, 0) is 6.42 Å². The lowest BCUT2D eigenvalue weighted by atomic mass is 10.2. The monoisotopic (exact) mass is 368 g/mol. The van der Waals surface area contributed by atoms with E-state index in [9.17, 15) is 0 Å². The van der Waals surface area contributed by atoms with Gasteiger partial charge in [0, 0.05) is 43.6 Å². The highest BCUT2D eigenvalue weighted by Crippen LogP contribution is 2.33. The third-order valence-corrected chi connectivity index (χ3v) is 6.36. The second-order valence-corrected chi connectivity index (χ2v) is 8.35. The molecule has 0 radical (unpaired) electrons. The predicted molar refractivity (Wildman–Crippen MR) is 103 cm³/mol. The van der Waals surface area contributed by atoms with Crippen molar-refractivity contribution in [1.82, 2.24) is 19.7 Å². The summed E-state index contributed by atoms with van der Waals surface area (Å²) in [4.78, 5) is 6.76. The Balaban J connectivity index is 1.53. The van der Waals surface area contributed by atoms with Gasteiger partial charge >= 0.3 is 0 Å². The van der Waals surface area contributed by atoms with Crippen molar-refractivity contribution in [1.29, 1.82) is 0 Å². The molecule has 3 rings (SSSR count). The number of rotatable bonds is 6. The minimum absolute atomic E-state index is 0.594. The largest absolute Gasteiger partial charge is 0.370 e. The number of guanidine groups is 1. The van der Waals surface area contributed by atoms with Crippen molar-refractivity contribution in [3.63, 3.8) is 0 Å². The molecule has 0 unspecified atom stereocenters. The van der Waals surface area contributed by atoms with Gasteiger partial charge in [-0.3, -0.25) is 4.99 Å². The zero-order chi connectivity index (χ0) is 16.8. The number of nitrogens with zero attached hydrogens (tertiary/aromatic N) is 5. The lowest BCUT2D eigenvalue weighted by molar-refractivity contribution is 0.453. The topological polar surface area (TPSA) is 72.3 Å². The summed E-state index contributed by atoms with van der Waals surface area (Å²) in [5.41, 5.74) is 6.11. The maximum atomic E-state index is 6.11. The van der Waals surface area contributed by atoms with Crippen molar-refractivity contribution >= 4 is 29.5 Å². The molecule has 2 fully saturated rings. The van der Waals surface area contributed by atoms with Crippen LogP contribution in [0.15, 0.2) is 10.1 Å². The number of nitrogens with two attached hydrogens (primary N) is 1. The molecular formula is C16H28N6S2. The van der Waals surface area contributed by atoms with Gasteiger partial charge in [-0.15, -0.1) is 10.2 Å². The van der Waals surface area contributed by atoms with E-state index in [4.69, 9.17) is 5.73 Å². The molecule has 1 saturated heterocycles. The smallest absolute Gasteiger partial charge is 0.191 e. The third-order valence-electron chi connectivity index (χ3n) is 4.77. The molecule has 0 bridgehead atoms. The van der Waals surface area contributed by atoms with Gasteiger partial charge in [-0.1, -0.05) is 24.6 Å². The van der Waals surface area contributed by atoms with E-state index < -0.39 is 0 Å². The molecule has 1 aliphatic carbocycles. The summed E-state index contributed by atoms with van der Waals surface area (Å²) >= 11 is 3.69. The van der Waals surface area contributed by atoms with Gasteiger partial charge in [-0.05, 0) is 25.5 Å². The molecule has 1 aromatic heterocycles. The number of aryl methyl sites for hydroxylation is 1. The fourth-order valence-electron chi connectivity index (χ4n) is 3.47. The van der Waals surface area contributed by atoms with Crippen molar-refractivity contribution < 1.29 is 0 Å². The van der Waals surface area contributed by atoms with Crippen molar-refractivity contribution in [2.24, 2.45) is 10.7 Å². The van der Waals surface area contributed by atoms with Gasteiger partial charge < -0.3 is 15.2 Å². The summed E-state index contributed by atoms with van der Waals surface area (Å²) in [5, 5.41) is 9.87. The number of hydrogen-bond donors (Lipinski definition) is 1. The van der Waals surface area contributed by atoms with Crippen LogP contribution >= 0.6 is 23.5 Å². The van der Waals surface area contributed by atoms with E-state index in [1.54, 1.807) is 11.8 Å². The molecule has 8 heteroatoms. The van der Waals surface area contributed by atoms with Crippen LogP contribution in [0, 0.1) is 0 Å². The summed E-state index contributed by atoms with van der Waals surface area (Å²) < 4.78 is 2.38. The van der Waals surface area contributed by atoms with Gasteiger partial charge in [0.05, 0.1) is 0 Å². The fraction of sp³-hybridized carbons (Fsp3) is 0.812. The Morgan fingerprint density at radius 1 is 1.29 bits per heavy atom. The molecule has 24 heavy (non-hydrogen) atoms. The Bertz CT molecular complexity index is 547. The summed E-state index contributed by atoms with van der Waals surface area (Å²) in [5.74, 6) is 4.13.